The van der Waals surface area contributed by atoms with E-state index >= 15 is 0 Å². The first kappa shape index (κ1) is 24.6. The molecule has 0 aliphatic carbocycles. The highest BCUT2D eigenvalue weighted by atomic mass is 35.5. The minimum absolute atomic E-state index is 0.0139. The lowest BCUT2D eigenvalue weighted by atomic mass is 10.1. The van der Waals surface area contributed by atoms with Crippen LogP contribution in [-0.4, -0.2) is 53.9 Å². The average Bonchev–Trinajstić information content (AvgIpc) is 3.17. The zero-order chi connectivity index (χ0) is 26.3. The molecule has 192 valence electrons. The molecule has 10 nitrogen and oxygen atoms in total. The molecule has 4 heterocycles. The fraction of sp³-hybridized carbons (Fsp3) is 0.273. The van der Waals surface area contributed by atoms with E-state index in [4.69, 9.17) is 16.3 Å². The zero-order valence-corrected chi connectivity index (χ0v) is 19.8. The van der Waals surface area contributed by atoms with Gasteiger partial charge in [0.15, 0.2) is 5.69 Å². The van der Waals surface area contributed by atoms with E-state index in [9.17, 15) is 22.4 Å². The van der Waals surface area contributed by atoms with E-state index < -0.39 is 29.4 Å². The molecule has 0 N–H and O–H groups in total. The van der Waals surface area contributed by atoms with E-state index in [1.54, 1.807) is 11.9 Å². The summed E-state index contributed by atoms with van der Waals surface area (Å²) in [5.41, 5.74) is -0.135. The Labute approximate surface area is 211 Å². The van der Waals surface area contributed by atoms with Crippen LogP contribution in [0.4, 0.5) is 23.2 Å². The molecule has 0 spiro atoms. The average molecular weight is 537 g/mol. The van der Waals surface area contributed by atoms with Crippen molar-refractivity contribution in [3.05, 3.63) is 75.4 Å². The summed E-state index contributed by atoms with van der Waals surface area (Å²) in [6.07, 6.45) is -1.84. The number of anilines is 1. The summed E-state index contributed by atoms with van der Waals surface area (Å²) < 4.78 is 60.9. The van der Waals surface area contributed by atoms with Gasteiger partial charge >= 0.3 is 6.18 Å². The second kappa shape index (κ2) is 9.42. The molecule has 1 aromatic carbocycles. The minimum atomic E-state index is -4.62. The van der Waals surface area contributed by atoms with E-state index in [1.807, 2.05) is 0 Å². The summed E-state index contributed by atoms with van der Waals surface area (Å²) in [6, 6.07) is 5.55. The molecule has 0 bridgehead atoms. The highest BCUT2D eigenvalue weighted by Gasteiger charge is 2.34. The predicted octanol–water partition coefficient (Wildman–Crippen LogP) is 2.96. The quantitative estimate of drug-likeness (QED) is 0.347. The van der Waals surface area contributed by atoms with Crippen LogP contribution in [0.25, 0.3) is 11.3 Å². The molecule has 0 atom stereocenters. The Morgan fingerprint density at radius 1 is 1.16 bits per heavy atom. The standard InChI is InChI=1S/C22H17ClF4N8O2/c1-33-17(21(31-32-33)15-3-2-12(23)4-16(15)24)11-35-20(36)5-13(6-29-35)34-9-14(10-34)37-19-8-28-7-18(30-19)22(25,26)27/h2-8,14H,9-11H2,1H3. The largest absolute Gasteiger partial charge is 0.469 e. The third-order valence-corrected chi connectivity index (χ3v) is 5.92. The van der Waals surface area contributed by atoms with Crippen LogP contribution in [0, 0.1) is 5.82 Å². The van der Waals surface area contributed by atoms with E-state index in [0.29, 0.717) is 30.7 Å². The van der Waals surface area contributed by atoms with Crippen molar-refractivity contribution in [3.63, 3.8) is 0 Å². The molecule has 0 radical (unpaired) electrons. The lowest BCUT2D eigenvalue weighted by Gasteiger charge is -2.40. The molecule has 15 heteroatoms. The van der Waals surface area contributed by atoms with Crippen molar-refractivity contribution >= 4 is 17.3 Å². The number of hydrogen-bond donors (Lipinski definition) is 0. The Balaban J connectivity index is 1.27. The van der Waals surface area contributed by atoms with Gasteiger partial charge in [-0.05, 0) is 18.2 Å². The highest BCUT2D eigenvalue weighted by molar-refractivity contribution is 6.30. The van der Waals surface area contributed by atoms with Crippen molar-refractivity contribution < 1.29 is 22.3 Å². The maximum Gasteiger partial charge on any atom is 0.435 e. The molecule has 0 amide bonds. The van der Waals surface area contributed by atoms with Crippen LogP contribution < -0.4 is 15.2 Å². The van der Waals surface area contributed by atoms with Crippen molar-refractivity contribution in [3.8, 4) is 17.1 Å². The van der Waals surface area contributed by atoms with Gasteiger partial charge in [-0.25, -0.2) is 18.7 Å². The Morgan fingerprint density at radius 2 is 1.95 bits per heavy atom. The van der Waals surface area contributed by atoms with Gasteiger partial charge in [-0.2, -0.15) is 18.3 Å². The number of alkyl halides is 3. The molecular weight excluding hydrogens is 520 g/mol. The second-order valence-electron chi connectivity index (χ2n) is 8.23. The van der Waals surface area contributed by atoms with Crippen molar-refractivity contribution in [2.75, 3.05) is 18.0 Å². The third kappa shape index (κ3) is 5.09. The van der Waals surface area contributed by atoms with Gasteiger partial charge < -0.3 is 9.64 Å². The van der Waals surface area contributed by atoms with Gasteiger partial charge in [-0.3, -0.25) is 9.78 Å². The van der Waals surface area contributed by atoms with Crippen LogP contribution in [0.1, 0.15) is 11.4 Å². The van der Waals surface area contributed by atoms with Gasteiger partial charge in [0.2, 0.25) is 5.88 Å². The Bertz CT molecular complexity index is 1520. The minimum Gasteiger partial charge on any atom is -0.469 e. The zero-order valence-electron chi connectivity index (χ0n) is 19.0. The summed E-state index contributed by atoms with van der Waals surface area (Å²) in [7, 11) is 1.62. The van der Waals surface area contributed by atoms with Crippen molar-refractivity contribution in [1.29, 1.82) is 0 Å². The van der Waals surface area contributed by atoms with Crippen LogP contribution in [0.15, 0.2) is 47.7 Å². The molecule has 1 aliphatic rings. The molecular formula is C22H17ClF4N8O2. The predicted molar refractivity (Wildman–Crippen MR) is 123 cm³/mol. The summed E-state index contributed by atoms with van der Waals surface area (Å²) in [6.45, 7) is 0.614. The maximum atomic E-state index is 14.5. The van der Waals surface area contributed by atoms with Crippen LogP contribution in [-0.2, 0) is 19.8 Å². The van der Waals surface area contributed by atoms with Crippen molar-refractivity contribution in [2.45, 2.75) is 18.8 Å². The van der Waals surface area contributed by atoms with Gasteiger partial charge in [-0.15, -0.1) is 5.10 Å². The highest BCUT2D eigenvalue weighted by Crippen LogP contribution is 2.29. The molecule has 0 saturated carbocycles. The number of ether oxygens (including phenoxy) is 1. The first-order chi connectivity index (χ1) is 17.6. The van der Waals surface area contributed by atoms with Crippen molar-refractivity contribution in [1.82, 2.24) is 34.7 Å². The van der Waals surface area contributed by atoms with Gasteiger partial charge in [0.1, 0.15) is 17.6 Å². The topological polar surface area (TPSA) is 104 Å². The fourth-order valence-corrected chi connectivity index (χ4v) is 3.90. The molecule has 3 aromatic heterocycles. The molecule has 5 rings (SSSR count). The van der Waals surface area contributed by atoms with Gasteiger partial charge in [0.25, 0.3) is 5.56 Å². The Hall–Kier alpha value is -4.07. The van der Waals surface area contributed by atoms with Gasteiger partial charge in [-0.1, -0.05) is 16.8 Å². The number of halogens is 5. The number of rotatable bonds is 6. The molecule has 4 aromatic rings. The van der Waals surface area contributed by atoms with Crippen LogP contribution in [0.2, 0.25) is 5.02 Å². The summed E-state index contributed by atoms with van der Waals surface area (Å²) in [4.78, 5) is 21.5. The third-order valence-electron chi connectivity index (χ3n) is 5.69. The van der Waals surface area contributed by atoms with E-state index in [1.165, 1.54) is 33.8 Å². The number of aromatic nitrogens is 7. The molecule has 37 heavy (non-hydrogen) atoms. The summed E-state index contributed by atoms with van der Waals surface area (Å²) >= 11 is 5.83. The Kier molecular flexibility index (Phi) is 6.27. The van der Waals surface area contributed by atoms with Crippen molar-refractivity contribution in [2.24, 2.45) is 7.05 Å². The lowest BCUT2D eigenvalue weighted by Crippen LogP contribution is -2.54. The smallest absolute Gasteiger partial charge is 0.435 e. The first-order valence-electron chi connectivity index (χ1n) is 10.8. The number of aryl methyl sites for hydroxylation is 1. The normalized spacial score (nSPS) is 14.1. The van der Waals surface area contributed by atoms with E-state index in [-0.39, 0.29) is 28.7 Å². The van der Waals surface area contributed by atoms with Crippen LogP contribution >= 0.6 is 11.6 Å². The lowest BCUT2D eigenvalue weighted by molar-refractivity contribution is -0.141. The first-order valence-corrected chi connectivity index (χ1v) is 11.2. The monoisotopic (exact) mass is 536 g/mol. The molecule has 1 saturated heterocycles. The second-order valence-corrected chi connectivity index (χ2v) is 8.66. The number of hydrogen-bond acceptors (Lipinski definition) is 8. The van der Waals surface area contributed by atoms with Gasteiger partial charge in [0.05, 0.1) is 49.6 Å². The Morgan fingerprint density at radius 3 is 2.65 bits per heavy atom. The molecule has 0 unspecified atom stereocenters. The number of benzene rings is 1. The SMILES string of the molecule is Cn1nnc(-c2ccc(Cl)cc2F)c1Cn1ncc(N2CC(Oc3cncc(C(F)(F)F)n3)C2)cc1=O. The molecule has 1 aliphatic heterocycles. The molecule has 1 fully saturated rings. The van der Waals surface area contributed by atoms with Crippen LogP contribution in [0.3, 0.4) is 0 Å². The fourth-order valence-electron chi connectivity index (χ4n) is 3.74. The van der Waals surface area contributed by atoms with Gasteiger partial charge in [0, 0.05) is 23.7 Å². The number of nitrogens with zero attached hydrogens (tertiary/aromatic N) is 8. The maximum absolute atomic E-state index is 14.5. The van der Waals surface area contributed by atoms with E-state index in [0.717, 1.165) is 12.3 Å². The van der Waals surface area contributed by atoms with Crippen LogP contribution in [0.5, 0.6) is 5.88 Å². The van der Waals surface area contributed by atoms with E-state index in [2.05, 4.69) is 25.4 Å². The summed E-state index contributed by atoms with van der Waals surface area (Å²) in [5, 5.41) is 12.4. The summed E-state index contributed by atoms with van der Waals surface area (Å²) in [5.74, 6) is -0.804.